The predicted molar refractivity (Wildman–Crippen MR) is 72.8 cm³/mol. The maximum absolute atomic E-state index is 12.4. The van der Waals surface area contributed by atoms with Crippen LogP contribution in [0, 0.1) is 0 Å². The number of phenols is 1. The number of benzene rings is 2. The molecule has 2 aromatic rings. The molecule has 3 rings (SSSR count). The van der Waals surface area contributed by atoms with Gasteiger partial charge < -0.3 is 10.0 Å². The van der Waals surface area contributed by atoms with Crippen LogP contribution in [-0.2, 0) is 6.54 Å². The largest absolute Gasteiger partial charge is 0.508 e. The van der Waals surface area contributed by atoms with Crippen molar-refractivity contribution < 1.29 is 9.90 Å². The van der Waals surface area contributed by atoms with Gasteiger partial charge in [-0.15, -0.1) is 0 Å². The minimum atomic E-state index is 0.000463. The maximum Gasteiger partial charge on any atom is 0.255 e. The molecule has 0 aliphatic carbocycles. The molecule has 0 radical (unpaired) electrons. The van der Waals surface area contributed by atoms with E-state index in [0.29, 0.717) is 6.54 Å². The summed E-state index contributed by atoms with van der Waals surface area (Å²) >= 11 is 0. The third-order valence-corrected chi connectivity index (χ3v) is 3.69. The lowest BCUT2D eigenvalue weighted by Crippen LogP contribution is -2.27. The first kappa shape index (κ1) is 11.8. The van der Waals surface area contributed by atoms with Crippen LogP contribution in [0.5, 0.6) is 5.75 Å². The first-order valence-electron chi connectivity index (χ1n) is 6.34. The molecular weight excluding hydrogens is 238 g/mol. The summed E-state index contributed by atoms with van der Waals surface area (Å²) in [7, 11) is 0. The third-order valence-electron chi connectivity index (χ3n) is 3.69. The highest BCUT2D eigenvalue weighted by atomic mass is 16.3. The summed E-state index contributed by atoms with van der Waals surface area (Å²) in [5.41, 5.74) is 2.91. The molecule has 1 N–H and O–H groups in total. The van der Waals surface area contributed by atoms with Crippen molar-refractivity contribution in [2.45, 2.75) is 19.5 Å². The van der Waals surface area contributed by atoms with Crippen LogP contribution in [0.4, 0.5) is 0 Å². The lowest BCUT2D eigenvalue weighted by molar-refractivity contribution is 0.0716. The molecule has 3 heteroatoms. The SMILES string of the molecule is CC(c1ccc(O)cc1)N1Cc2ccccc2C1=O. The van der Waals surface area contributed by atoms with Crippen molar-refractivity contribution in [2.75, 3.05) is 0 Å². The summed E-state index contributed by atoms with van der Waals surface area (Å²) in [6.45, 7) is 2.66. The van der Waals surface area contributed by atoms with Crippen molar-refractivity contribution in [3.05, 3.63) is 65.2 Å². The first-order valence-corrected chi connectivity index (χ1v) is 6.34. The molecule has 1 aliphatic heterocycles. The summed E-state index contributed by atoms with van der Waals surface area (Å²) in [4.78, 5) is 14.2. The minimum absolute atomic E-state index is 0.000463. The molecule has 1 unspecified atom stereocenters. The van der Waals surface area contributed by atoms with Crippen molar-refractivity contribution in [3.8, 4) is 5.75 Å². The molecule has 0 bridgehead atoms. The van der Waals surface area contributed by atoms with Crippen LogP contribution >= 0.6 is 0 Å². The highest BCUT2D eigenvalue weighted by Crippen LogP contribution is 2.31. The molecule has 0 fully saturated rings. The summed E-state index contributed by atoms with van der Waals surface area (Å²) in [5.74, 6) is 0.322. The monoisotopic (exact) mass is 253 g/mol. The second kappa shape index (κ2) is 4.43. The standard InChI is InChI=1S/C16H15NO2/c1-11(12-6-8-14(18)9-7-12)17-10-13-4-2-3-5-15(13)16(17)19/h2-9,11,18H,10H2,1H3. The van der Waals surface area contributed by atoms with E-state index in [0.717, 1.165) is 16.7 Å². The van der Waals surface area contributed by atoms with Gasteiger partial charge in [0.15, 0.2) is 0 Å². The van der Waals surface area contributed by atoms with Gasteiger partial charge in [0.1, 0.15) is 5.75 Å². The molecule has 0 saturated heterocycles. The Bertz CT molecular complexity index is 619. The van der Waals surface area contributed by atoms with Crippen molar-refractivity contribution in [1.29, 1.82) is 0 Å². The Morgan fingerprint density at radius 3 is 2.47 bits per heavy atom. The summed E-state index contributed by atoms with van der Waals surface area (Å²) < 4.78 is 0. The van der Waals surface area contributed by atoms with E-state index in [1.54, 1.807) is 12.1 Å². The molecule has 0 aromatic heterocycles. The number of nitrogens with zero attached hydrogens (tertiary/aromatic N) is 1. The Morgan fingerprint density at radius 1 is 1.11 bits per heavy atom. The number of aromatic hydroxyl groups is 1. The van der Waals surface area contributed by atoms with Crippen molar-refractivity contribution >= 4 is 5.91 Å². The van der Waals surface area contributed by atoms with Gasteiger partial charge in [-0.05, 0) is 36.2 Å². The number of rotatable bonds is 2. The summed E-state index contributed by atoms with van der Waals surface area (Å²) in [6, 6.07) is 14.7. The number of hydrogen-bond donors (Lipinski definition) is 1. The van der Waals surface area contributed by atoms with Crippen LogP contribution in [0.2, 0.25) is 0 Å². The highest BCUT2D eigenvalue weighted by molar-refractivity contribution is 5.98. The van der Waals surface area contributed by atoms with E-state index >= 15 is 0 Å². The van der Waals surface area contributed by atoms with Crippen molar-refractivity contribution in [3.63, 3.8) is 0 Å². The molecule has 1 amide bonds. The topological polar surface area (TPSA) is 40.5 Å². The Morgan fingerprint density at radius 2 is 1.79 bits per heavy atom. The summed E-state index contributed by atoms with van der Waals surface area (Å²) in [5, 5.41) is 9.32. The van der Waals surface area contributed by atoms with Crippen LogP contribution < -0.4 is 0 Å². The molecule has 19 heavy (non-hydrogen) atoms. The van der Waals surface area contributed by atoms with Crippen LogP contribution in [0.15, 0.2) is 48.5 Å². The fraction of sp³-hybridized carbons (Fsp3) is 0.188. The molecule has 96 valence electrons. The lowest BCUT2D eigenvalue weighted by atomic mass is 10.1. The zero-order valence-corrected chi connectivity index (χ0v) is 10.7. The van der Waals surface area contributed by atoms with Crippen molar-refractivity contribution in [1.82, 2.24) is 4.90 Å². The predicted octanol–water partition coefficient (Wildman–Crippen LogP) is 3.11. The van der Waals surface area contributed by atoms with Gasteiger partial charge in [-0.2, -0.15) is 0 Å². The second-order valence-corrected chi connectivity index (χ2v) is 4.86. The first-order chi connectivity index (χ1) is 9.16. The van der Waals surface area contributed by atoms with Gasteiger partial charge >= 0.3 is 0 Å². The van der Waals surface area contributed by atoms with E-state index in [1.807, 2.05) is 48.2 Å². The summed E-state index contributed by atoms with van der Waals surface area (Å²) in [6.07, 6.45) is 0. The van der Waals surface area contributed by atoms with Gasteiger partial charge in [-0.25, -0.2) is 0 Å². The minimum Gasteiger partial charge on any atom is -0.508 e. The molecule has 1 atom stereocenters. The van der Waals surface area contributed by atoms with E-state index in [-0.39, 0.29) is 17.7 Å². The van der Waals surface area contributed by atoms with E-state index in [4.69, 9.17) is 0 Å². The zero-order chi connectivity index (χ0) is 13.4. The fourth-order valence-electron chi connectivity index (χ4n) is 2.52. The smallest absolute Gasteiger partial charge is 0.255 e. The molecule has 0 saturated carbocycles. The molecular formula is C16H15NO2. The van der Waals surface area contributed by atoms with E-state index in [1.165, 1.54) is 0 Å². The molecule has 0 spiro atoms. The van der Waals surface area contributed by atoms with E-state index < -0.39 is 0 Å². The van der Waals surface area contributed by atoms with Crippen LogP contribution in [-0.4, -0.2) is 15.9 Å². The Balaban J connectivity index is 1.89. The quantitative estimate of drug-likeness (QED) is 0.893. The van der Waals surface area contributed by atoms with Gasteiger partial charge in [-0.1, -0.05) is 30.3 Å². The Labute approximate surface area is 112 Å². The number of hydrogen-bond acceptors (Lipinski definition) is 2. The average Bonchev–Trinajstić information content (AvgIpc) is 2.77. The zero-order valence-electron chi connectivity index (χ0n) is 10.7. The normalized spacial score (nSPS) is 15.4. The van der Waals surface area contributed by atoms with E-state index in [2.05, 4.69) is 0 Å². The number of phenolic OH excluding ortho intramolecular Hbond substituents is 1. The van der Waals surface area contributed by atoms with Gasteiger partial charge in [0.05, 0.1) is 6.04 Å². The lowest BCUT2D eigenvalue weighted by Gasteiger charge is -2.24. The van der Waals surface area contributed by atoms with Crippen LogP contribution in [0.3, 0.4) is 0 Å². The second-order valence-electron chi connectivity index (χ2n) is 4.86. The molecule has 2 aromatic carbocycles. The fourth-order valence-corrected chi connectivity index (χ4v) is 2.52. The van der Waals surface area contributed by atoms with Gasteiger partial charge in [0, 0.05) is 12.1 Å². The Kier molecular flexibility index (Phi) is 2.75. The van der Waals surface area contributed by atoms with E-state index in [9.17, 15) is 9.90 Å². The van der Waals surface area contributed by atoms with Crippen LogP contribution in [0.1, 0.15) is 34.5 Å². The molecule has 1 aliphatic rings. The van der Waals surface area contributed by atoms with Crippen molar-refractivity contribution in [2.24, 2.45) is 0 Å². The number of fused-ring (bicyclic) bond motifs is 1. The van der Waals surface area contributed by atoms with Gasteiger partial charge in [0.25, 0.3) is 5.91 Å². The van der Waals surface area contributed by atoms with Crippen LogP contribution in [0.25, 0.3) is 0 Å². The average molecular weight is 253 g/mol. The number of carbonyl (C=O) groups excluding carboxylic acids is 1. The highest BCUT2D eigenvalue weighted by Gasteiger charge is 2.30. The molecule has 3 nitrogen and oxygen atoms in total. The number of carbonyl (C=O) groups is 1. The van der Waals surface area contributed by atoms with Gasteiger partial charge in [0.2, 0.25) is 0 Å². The van der Waals surface area contributed by atoms with Gasteiger partial charge in [-0.3, -0.25) is 4.79 Å². The maximum atomic E-state index is 12.4. The third kappa shape index (κ3) is 1.97. The molecule has 1 heterocycles. The number of amides is 1. The Hall–Kier alpha value is -2.29.